The van der Waals surface area contributed by atoms with Crippen molar-refractivity contribution in [3.63, 3.8) is 0 Å². The molecule has 0 saturated heterocycles. The molecule has 0 radical (unpaired) electrons. The molecule has 2 aromatic rings. The zero-order valence-corrected chi connectivity index (χ0v) is 13.8. The summed E-state index contributed by atoms with van der Waals surface area (Å²) >= 11 is 1.49. The maximum atomic E-state index is 12.3. The van der Waals surface area contributed by atoms with Crippen LogP contribution in [0.3, 0.4) is 0 Å². The standard InChI is InChI=1S/C17H24N2OS/c1-11(2)7-4-5-10-19-17(20)16-14(18)13-9-6-8-12(3)15(13)21-16/h6,8-9,11H,4-5,7,10,18H2,1-3H3,(H,19,20). The lowest BCUT2D eigenvalue weighted by atomic mass is 10.1. The van der Waals surface area contributed by atoms with Crippen LogP contribution in [0, 0.1) is 12.8 Å². The normalized spacial score (nSPS) is 11.2. The predicted molar refractivity (Wildman–Crippen MR) is 92.0 cm³/mol. The highest BCUT2D eigenvalue weighted by molar-refractivity contribution is 7.21. The Morgan fingerprint density at radius 2 is 2.10 bits per heavy atom. The average molecular weight is 304 g/mol. The summed E-state index contributed by atoms with van der Waals surface area (Å²) in [7, 11) is 0. The molecule has 0 unspecified atom stereocenters. The number of nitrogens with one attached hydrogen (secondary N) is 1. The van der Waals surface area contributed by atoms with Crippen LogP contribution < -0.4 is 11.1 Å². The SMILES string of the molecule is Cc1cccc2c(N)c(C(=O)NCCCCC(C)C)sc12. The van der Waals surface area contributed by atoms with Crippen LogP contribution in [-0.2, 0) is 0 Å². The summed E-state index contributed by atoms with van der Waals surface area (Å²) in [5.74, 6) is 0.680. The number of hydrogen-bond acceptors (Lipinski definition) is 3. The maximum absolute atomic E-state index is 12.3. The van der Waals surface area contributed by atoms with Gasteiger partial charge in [0.05, 0.1) is 5.69 Å². The van der Waals surface area contributed by atoms with E-state index in [4.69, 9.17) is 5.73 Å². The molecule has 3 N–H and O–H groups in total. The van der Waals surface area contributed by atoms with Gasteiger partial charge in [-0.3, -0.25) is 4.79 Å². The molecular formula is C17H24N2OS. The third kappa shape index (κ3) is 3.76. The summed E-state index contributed by atoms with van der Waals surface area (Å²) in [6.45, 7) is 7.21. The largest absolute Gasteiger partial charge is 0.397 e. The number of benzene rings is 1. The number of carbonyl (C=O) groups excluding carboxylic acids is 1. The van der Waals surface area contributed by atoms with Gasteiger partial charge in [-0.25, -0.2) is 0 Å². The van der Waals surface area contributed by atoms with E-state index in [0.717, 1.165) is 35.4 Å². The van der Waals surface area contributed by atoms with E-state index in [-0.39, 0.29) is 5.91 Å². The van der Waals surface area contributed by atoms with E-state index in [1.54, 1.807) is 0 Å². The molecule has 0 atom stereocenters. The van der Waals surface area contributed by atoms with Gasteiger partial charge in [0, 0.05) is 16.6 Å². The average Bonchev–Trinajstić information content (AvgIpc) is 2.77. The number of carbonyl (C=O) groups is 1. The number of hydrogen-bond donors (Lipinski definition) is 2. The Labute approximate surface area is 130 Å². The van der Waals surface area contributed by atoms with Crippen molar-refractivity contribution in [2.24, 2.45) is 5.92 Å². The number of rotatable bonds is 6. The maximum Gasteiger partial charge on any atom is 0.263 e. The molecule has 0 aliphatic heterocycles. The summed E-state index contributed by atoms with van der Waals surface area (Å²) in [5, 5.41) is 3.98. The Hall–Kier alpha value is -1.55. The molecule has 1 aromatic heterocycles. The first-order chi connectivity index (χ1) is 10.0. The molecule has 0 aliphatic rings. The zero-order chi connectivity index (χ0) is 15.4. The van der Waals surface area contributed by atoms with E-state index in [1.807, 2.05) is 25.1 Å². The predicted octanol–water partition coefficient (Wildman–Crippen LogP) is 4.35. The minimum atomic E-state index is -0.0438. The number of aryl methyl sites for hydroxylation is 1. The molecule has 0 saturated carbocycles. The number of nitrogen functional groups attached to an aromatic ring is 1. The molecule has 0 aliphatic carbocycles. The summed E-state index contributed by atoms with van der Waals surface area (Å²) in [4.78, 5) is 12.9. The van der Waals surface area contributed by atoms with Gasteiger partial charge in [-0.15, -0.1) is 11.3 Å². The fourth-order valence-corrected chi connectivity index (χ4v) is 3.51. The summed E-state index contributed by atoms with van der Waals surface area (Å²) in [6, 6.07) is 6.01. The van der Waals surface area contributed by atoms with Crippen molar-refractivity contribution in [2.75, 3.05) is 12.3 Å². The van der Waals surface area contributed by atoms with Crippen molar-refractivity contribution in [3.8, 4) is 0 Å². The molecule has 0 spiro atoms. The van der Waals surface area contributed by atoms with E-state index in [2.05, 4.69) is 19.2 Å². The third-order valence-electron chi connectivity index (χ3n) is 3.65. The molecule has 0 fully saturated rings. The highest BCUT2D eigenvalue weighted by Gasteiger charge is 2.16. The smallest absolute Gasteiger partial charge is 0.263 e. The second-order valence-electron chi connectivity index (χ2n) is 5.94. The molecule has 3 nitrogen and oxygen atoms in total. The molecule has 0 bridgehead atoms. The van der Waals surface area contributed by atoms with E-state index in [0.29, 0.717) is 10.6 Å². The fraction of sp³-hybridized carbons (Fsp3) is 0.471. The second kappa shape index (κ2) is 6.94. The third-order valence-corrected chi connectivity index (χ3v) is 5.01. The van der Waals surface area contributed by atoms with Crippen LogP contribution in [0.15, 0.2) is 18.2 Å². The number of amides is 1. The van der Waals surface area contributed by atoms with Gasteiger partial charge in [-0.2, -0.15) is 0 Å². The van der Waals surface area contributed by atoms with Crippen LogP contribution in [-0.4, -0.2) is 12.5 Å². The monoisotopic (exact) mass is 304 g/mol. The number of thiophene rings is 1. The van der Waals surface area contributed by atoms with Gasteiger partial charge >= 0.3 is 0 Å². The van der Waals surface area contributed by atoms with Gasteiger partial charge in [0.15, 0.2) is 0 Å². The molecule has 1 amide bonds. The quantitative estimate of drug-likeness (QED) is 0.780. The summed E-state index contributed by atoms with van der Waals surface area (Å²) in [5.41, 5.74) is 7.90. The van der Waals surface area contributed by atoms with Crippen LogP contribution >= 0.6 is 11.3 Å². The van der Waals surface area contributed by atoms with Crippen molar-refractivity contribution >= 4 is 33.0 Å². The van der Waals surface area contributed by atoms with Gasteiger partial charge in [-0.05, 0) is 24.8 Å². The van der Waals surface area contributed by atoms with Crippen molar-refractivity contribution in [3.05, 3.63) is 28.6 Å². The lowest BCUT2D eigenvalue weighted by molar-refractivity contribution is 0.0958. The molecule has 1 aromatic carbocycles. The van der Waals surface area contributed by atoms with Gasteiger partial charge in [0.25, 0.3) is 5.91 Å². The number of nitrogens with two attached hydrogens (primary N) is 1. The number of anilines is 1. The van der Waals surface area contributed by atoms with Gasteiger partial charge in [0.1, 0.15) is 4.88 Å². The molecule has 1 heterocycles. The molecule has 2 rings (SSSR count). The Morgan fingerprint density at radius 3 is 2.76 bits per heavy atom. The highest BCUT2D eigenvalue weighted by Crippen LogP contribution is 2.35. The summed E-state index contributed by atoms with van der Waals surface area (Å²) in [6.07, 6.45) is 3.38. The minimum Gasteiger partial charge on any atom is -0.397 e. The van der Waals surface area contributed by atoms with Crippen LogP contribution in [0.4, 0.5) is 5.69 Å². The molecular weight excluding hydrogens is 280 g/mol. The molecule has 21 heavy (non-hydrogen) atoms. The van der Waals surface area contributed by atoms with E-state index >= 15 is 0 Å². The first-order valence-corrected chi connectivity index (χ1v) is 8.38. The van der Waals surface area contributed by atoms with Crippen LogP contribution in [0.1, 0.15) is 48.3 Å². The lowest BCUT2D eigenvalue weighted by Crippen LogP contribution is -2.24. The van der Waals surface area contributed by atoms with E-state index in [1.165, 1.54) is 23.3 Å². The van der Waals surface area contributed by atoms with Gasteiger partial charge < -0.3 is 11.1 Å². The van der Waals surface area contributed by atoms with Crippen LogP contribution in [0.5, 0.6) is 0 Å². The topological polar surface area (TPSA) is 55.1 Å². The Morgan fingerprint density at radius 1 is 1.33 bits per heavy atom. The highest BCUT2D eigenvalue weighted by atomic mass is 32.1. The van der Waals surface area contributed by atoms with Crippen LogP contribution in [0.2, 0.25) is 0 Å². The zero-order valence-electron chi connectivity index (χ0n) is 13.0. The number of unbranched alkanes of at least 4 members (excludes halogenated alkanes) is 1. The van der Waals surface area contributed by atoms with Crippen molar-refractivity contribution in [1.29, 1.82) is 0 Å². The second-order valence-corrected chi connectivity index (χ2v) is 6.96. The van der Waals surface area contributed by atoms with Gasteiger partial charge in [0.2, 0.25) is 0 Å². The lowest BCUT2D eigenvalue weighted by Gasteiger charge is -2.06. The van der Waals surface area contributed by atoms with Crippen LogP contribution in [0.25, 0.3) is 10.1 Å². The Kier molecular flexibility index (Phi) is 5.23. The number of fused-ring (bicyclic) bond motifs is 1. The van der Waals surface area contributed by atoms with E-state index in [9.17, 15) is 4.79 Å². The Balaban J connectivity index is 2.00. The summed E-state index contributed by atoms with van der Waals surface area (Å²) < 4.78 is 1.11. The first kappa shape index (κ1) is 15.8. The van der Waals surface area contributed by atoms with E-state index < -0.39 is 0 Å². The van der Waals surface area contributed by atoms with Crippen molar-refractivity contribution in [2.45, 2.75) is 40.0 Å². The molecule has 4 heteroatoms. The molecule has 114 valence electrons. The fourth-order valence-electron chi connectivity index (χ4n) is 2.41. The Bertz CT molecular complexity index is 631. The first-order valence-electron chi connectivity index (χ1n) is 7.56. The van der Waals surface area contributed by atoms with Crippen molar-refractivity contribution < 1.29 is 4.79 Å². The van der Waals surface area contributed by atoms with Gasteiger partial charge in [-0.1, -0.05) is 44.9 Å². The van der Waals surface area contributed by atoms with Crippen molar-refractivity contribution in [1.82, 2.24) is 5.32 Å². The minimum absolute atomic E-state index is 0.0438.